The van der Waals surface area contributed by atoms with Crippen LogP contribution in [0.3, 0.4) is 0 Å². The Labute approximate surface area is 174 Å². The lowest BCUT2D eigenvalue weighted by molar-refractivity contribution is -0.136. The zero-order valence-electron chi connectivity index (χ0n) is 17.3. The number of imide groups is 1. The summed E-state index contributed by atoms with van der Waals surface area (Å²) in [5.74, 6) is -0.140. The number of nitrogens with one attached hydrogen (secondary N) is 2. The topological polar surface area (TPSA) is 117 Å². The number of carbonyl (C=O) groups excluding carboxylic acids is 3. The van der Waals surface area contributed by atoms with Crippen molar-refractivity contribution in [1.29, 1.82) is 0 Å². The summed E-state index contributed by atoms with van der Waals surface area (Å²) in [6, 6.07) is 6.39. The van der Waals surface area contributed by atoms with Crippen LogP contribution in [0.1, 0.15) is 40.0 Å². The fourth-order valence-corrected chi connectivity index (χ4v) is 5.02. The van der Waals surface area contributed by atoms with Crippen molar-refractivity contribution in [3.05, 3.63) is 30.7 Å². The van der Waals surface area contributed by atoms with E-state index in [1.54, 1.807) is 24.3 Å². The predicted molar refractivity (Wildman–Crippen MR) is 108 cm³/mol. The first-order chi connectivity index (χ1) is 14.2. The van der Waals surface area contributed by atoms with Gasteiger partial charge in [-0.05, 0) is 48.8 Å². The fourth-order valence-electron chi connectivity index (χ4n) is 5.02. The average Bonchev–Trinajstić information content (AvgIpc) is 3.24. The minimum absolute atomic E-state index is 0.0614. The molecule has 30 heavy (non-hydrogen) atoms. The number of amides is 4. The minimum Gasteiger partial charge on any atom is -0.423 e. The highest BCUT2D eigenvalue weighted by molar-refractivity contribution is 6.10. The van der Waals surface area contributed by atoms with Gasteiger partial charge in [-0.15, -0.1) is 10.2 Å². The van der Waals surface area contributed by atoms with E-state index in [-0.39, 0.29) is 17.9 Å². The summed E-state index contributed by atoms with van der Waals surface area (Å²) in [6.07, 6.45) is 3.38. The van der Waals surface area contributed by atoms with E-state index < -0.39 is 17.5 Å². The smallest absolute Gasteiger partial charge is 0.325 e. The Hall–Kier alpha value is -3.23. The van der Waals surface area contributed by atoms with Crippen LogP contribution < -0.4 is 10.6 Å². The molecule has 0 radical (unpaired) electrons. The van der Waals surface area contributed by atoms with E-state index in [2.05, 4.69) is 41.6 Å². The first kappa shape index (κ1) is 20.1. The minimum atomic E-state index is -0.920. The van der Waals surface area contributed by atoms with E-state index in [0.717, 1.165) is 11.3 Å². The molecule has 9 nitrogen and oxygen atoms in total. The maximum absolute atomic E-state index is 13.2. The van der Waals surface area contributed by atoms with E-state index in [1.165, 1.54) is 6.39 Å². The molecule has 2 fully saturated rings. The Kier molecular flexibility index (Phi) is 4.83. The zero-order chi connectivity index (χ0) is 21.5. The fraction of sp³-hybridized carbons (Fsp3) is 0.476. The van der Waals surface area contributed by atoms with Crippen molar-refractivity contribution in [3.63, 3.8) is 0 Å². The Morgan fingerprint density at radius 3 is 2.83 bits per heavy atom. The van der Waals surface area contributed by atoms with Crippen LogP contribution >= 0.6 is 0 Å². The third-order valence-corrected chi connectivity index (χ3v) is 5.68. The van der Waals surface area contributed by atoms with Crippen molar-refractivity contribution in [2.75, 3.05) is 11.9 Å². The lowest BCUT2D eigenvalue weighted by Gasteiger charge is -2.43. The number of hydrogen-bond acceptors (Lipinski definition) is 6. The molecule has 9 heteroatoms. The molecule has 2 aromatic rings. The zero-order valence-corrected chi connectivity index (χ0v) is 17.3. The Morgan fingerprint density at radius 1 is 1.33 bits per heavy atom. The van der Waals surface area contributed by atoms with Crippen molar-refractivity contribution in [3.8, 4) is 11.5 Å². The molecule has 0 bridgehead atoms. The SMILES string of the molecule is C[C@@H]1CC(C)(C)C[C@@]2(C1)NC(=O)N(CC(=O)Nc1cccc(-c3nnco3)c1)C2=O. The molecule has 4 amide bonds. The summed E-state index contributed by atoms with van der Waals surface area (Å²) in [5.41, 5.74) is 0.173. The highest BCUT2D eigenvalue weighted by atomic mass is 16.4. The van der Waals surface area contributed by atoms with Crippen LogP contribution in [0.4, 0.5) is 10.5 Å². The van der Waals surface area contributed by atoms with Crippen LogP contribution in [0, 0.1) is 11.3 Å². The molecule has 1 aromatic heterocycles. The molecule has 0 unspecified atom stereocenters. The first-order valence-electron chi connectivity index (χ1n) is 9.98. The normalized spacial score (nSPS) is 25.4. The number of anilines is 1. The quantitative estimate of drug-likeness (QED) is 0.747. The molecule has 1 saturated heterocycles. The number of urea groups is 1. The van der Waals surface area contributed by atoms with Gasteiger partial charge < -0.3 is 15.1 Å². The van der Waals surface area contributed by atoms with Crippen LogP contribution in [0.5, 0.6) is 0 Å². The third kappa shape index (κ3) is 3.79. The summed E-state index contributed by atoms with van der Waals surface area (Å²) in [6.45, 7) is 5.96. The summed E-state index contributed by atoms with van der Waals surface area (Å²) in [7, 11) is 0. The van der Waals surface area contributed by atoms with Crippen molar-refractivity contribution in [2.45, 2.75) is 45.6 Å². The molecule has 4 rings (SSSR count). The summed E-state index contributed by atoms with van der Waals surface area (Å²) in [5, 5.41) is 13.1. The highest BCUT2D eigenvalue weighted by Crippen LogP contribution is 2.46. The number of rotatable bonds is 4. The van der Waals surface area contributed by atoms with E-state index in [1.807, 2.05) is 0 Å². The van der Waals surface area contributed by atoms with Gasteiger partial charge in [0.1, 0.15) is 12.1 Å². The number of nitrogens with zero attached hydrogens (tertiary/aromatic N) is 3. The first-order valence-corrected chi connectivity index (χ1v) is 9.98. The second-order valence-electron chi connectivity index (χ2n) is 9.13. The second-order valence-corrected chi connectivity index (χ2v) is 9.13. The molecule has 1 spiro atoms. The lowest BCUT2D eigenvalue weighted by Crippen LogP contribution is -2.54. The lowest BCUT2D eigenvalue weighted by atomic mass is 9.64. The predicted octanol–water partition coefficient (Wildman–Crippen LogP) is 2.81. The van der Waals surface area contributed by atoms with Crippen LogP contribution in [0.2, 0.25) is 0 Å². The van der Waals surface area contributed by atoms with Gasteiger partial charge in [0.2, 0.25) is 18.2 Å². The number of aromatic nitrogens is 2. The summed E-state index contributed by atoms with van der Waals surface area (Å²) >= 11 is 0. The van der Waals surface area contributed by atoms with Crippen LogP contribution in [0.25, 0.3) is 11.5 Å². The van der Waals surface area contributed by atoms with Gasteiger partial charge in [-0.3, -0.25) is 14.5 Å². The third-order valence-electron chi connectivity index (χ3n) is 5.68. The van der Waals surface area contributed by atoms with Crippen molar-refractivity contribution >= 4 is 23.5 Å². The monoisotopic (exact) mass is 411 g/mol. The molecule has 158 valence electrons. The maximum atomic E-state index is 13.2. The highest BCUT2D eigenvalue weighted by Gasteiger charge is 2.56. The van der Waals surface area contributed by atoms with E-state index in [9.17, 15) is 14.4 Å². The molecule has 2 N–H and O–H groups in total. The van der Waals surface area contributed by atoms with E-state index in [4.69, 9.17) is 4.42 Å². The van der Waals surface area contributed by atoms with Crippen LogP contribution in [0.15, 0.2) is 35.1 Å². The molecular formula is C21H25N5O4. The number of hydrogen-bond donors (Lipinski definition) is 2. The summed E-state index contributed by atoms with van der Waals surface area (Å²) in [4.78, 5) is 39.3. The number of carbonyl (C=O) groups is 3. The van der Waals surface area contributed by atoms with Gasteiger partial charge in [-0.25, -0.2) is 4.79 Å². The molecule has 1 aromatic carbocycles. The summed E-state index contributed by atoms with van der Waals surface area (Å²) < 4.78 is 5.16. The standard InChI is InChI=1S/C21H25N5O4/c1-13-8-20(2,3)11-21(9-13)18(28)26(19(29)24-21)10-16(27)23-15-6-4-5-14(7-15)17-25-22-12-30-17/h4-7,12-13H,8-11H2,1-3H3,(H,23,27)(H,24,29)/t13-,21-/m1/s1. The Morgan fingerprint density at radius 2 is 2.13 bits per heavy atom. The average molecular weight is 411 g/mol. The molecule has 2 atom stereocenters. The van der Waals surface area contributed by atoms with Gasteiger partial charge in [-0.2, -0.15) is 0 Å². The van der Waals surface area contributed by atoms with Gasteiger partial charge in [-0.1, -0.05) is 26.8 Å². The molecule has 1 saturated carbocycles. The van der Waals surface area contributed by atoms with Gasteiger partial charge in [0, 0.05) is 11.3 Å². The van der Waals surface area contributed by atoms with Gasteiger partial charge in [0.25, 0.3) is 5.91 Å². The van der Waals surface area contributed by atoms with E-state index in [0.29, 0.717) is 35.9 Å². The van der Waals surface area contributed by atoms with Gasteiger partial charge in [0.15, 0.2) is 0 Å². The van der Waals surface area contributed by atoms with Crippen molar-refractivity contribution in [1.82, 2.24) is 20.4 Å². The molecule has 1 aliphatic carbocycles. The van der Waals surface area contributed by atoms with Crippen molar-refractivity contribution < 1.29 is 18.8 Å². The second kappa shape index (κ2) is 7.23. The molecular weight excluding hydrogens is 386 g/mol. The molecule has 2 heterocycles. The van der Waals surface area contributed by atoms with Crippen molar-refractivity contribution in [2.24, 2.45) is 11.3 Å². The Bertz CT molecular complexity index is 987. The molecule has 1 aliphatic heterocycles. The maximum Gasteiger partial charge on any atom is 0.325 e. The van der Waals surface area contributed by atoms with Crippen LogP contribution in [-0.4, -0.2) is 45.0 Å². The number of benzene rings is 1. The van der Waals surface area contributed by atoms with Gasteiger partial charge in [0.05, 0.1) is 0 Å². The van der Waals surface area contributed by atoms with Crippen LogP contribution in [-0.2, 0) is 9.59 Å². The van der Waals surface area contributed by atoms with Gasteiger partial charge >= 0.3 is 6.03 Å². The largest absolute Gasteiger partial charge is 0.423 e. The Balaban J connectivity index is 1.46. The molecule has 2 aliphatic rings. The van der Waals surface area contributed by atoms with E-state index >= 15 is 0 Å².